The Morgan fingerprint density at radius 1 is 1.25 bits per heavy atom. The van der Waals surface area contributed by atoms with E-state index in [4.69, 9.17) is 0 Å². The molecule has 2 atom stereocenters. The number of Topliss-reactive ketones (excluding diaryl/α,β-unsaturated/α-hetero) is 1. The van der Waals surface area contributed by atoms with Gasteiger partial charge in [0, 0.05) is 25.1 Å². The number of aromatic nitrogens is 2. The summed E-state index contributed by atoms with van der Waals surface area (Å²) in [5.74, 6) is -0.277. The van der Waals surface area contributed by atoms with E-state index in [9.17, 15) is 15.0 Å². The van der Waals surface area contributed by atoms with E-state index >= 15 is 0 Å². The Morgan fingerprint density at radius 3 is 2.71 bits per heavy atom. The lowest BCUT2D eigenvalue weighted by Gasteiger charge is -2.31. The van der Waals surface area contributed by atoms with Crippen LogP contribution >= 0.6 is 0 Å². The molecule has 0 spiro atoms. The lowest BCUT2D eigenvalue weighted by atomic mass is 9.89. The minimum absolute atomic E-state index is 0.0580. The first-order valence-corrected chi connectivity index (χ1v) is 7.98. The van der Waals surface area contributed by atoms with Gasteiger partial charge in [-0.1, -0.05) is 6.07 Å². The van der Waals surface area contributed by atoms with Crippen LogP contribution in [-0.2, 0) is 4.79 Å². The first-order valence-electron chi connectivity index (χ1n) is 7.98. The lowest BCUT2D eigenvalue weighted by molar-refractivity contribution is -0.130. The van der Waals surface area contributed by atoms with Gasteiger partial charge >= 0.3 is 0 Å². The molecule has 1 aliphatic heterocycles. The maximum Gasteiger partial charge on any atom is 0.141 e. The summed E-state index contributed by atoms with van der Waals surface area (Å²) in [6, 6.07) is 8.69. The maximum absolute atomic E-state index is 12.1. The van der Waals surface area contributed by atoms with E-state index in [1.165, 1.54) is 0 Å². The second kappa shape index (κ2) is 6.67. The molecule has 2 heterocycles. The molecule has 24 heavy (non-hydrogen) atoms. The molecule has 2 unspecified atom stereocenters. The predicted octanol–water partition coefficient (Wildman–Crippen LogP) is 1.71. The van der Waals surface area contributed by atoms with Crippen LogP contribution in [0.15, 0.2) is 30.3 Å². The number of carbonyl (C=O) groups excluding carboxylic acids is 1. The fourth-order valence-corrected chi connectivity index (χ4v) is 3.00. The van der Waals surface area contributed by atoms with Crippen LogP contribution in [0.2, 0.25) is 0 Å². The standard InChI is InChI=1S/C18H21N3O3/c1-11-3-4-12(17(23)9-11)14-5-6-15(20-19-14)18(24)13-10-21(2)8-7-16(13)22/h3-6,9,13,18,23-24H,7-8,10H2,1-2H3. The maximum atomic E-state index is 12.1. The van der Waals surface area contributed by atoms with E-state index in [1.807, 2.05) is 24.9 Å². The number of hydrogen-bond acceptors (Lipinski definition) is 6. The van der Waals surface area contributed by atoms with Gasteiger partial charge in [0.15, 0.2) is 0 Å². The first-order chi connectivity index (χ1) is 11.5. The average Bonchev–Trinajstić information content (AvgIpc) is 2.57. The van der Waals surface area contributed by atoms with Crippen molar-refractivity contribution in [2.75, 3.05) is 20.1 Å². The molecule has 2 aromatic rings. The highest BCUT2D eigenvalue weighted by Crippen LogP contribution is 2.30. The highest BCUT2D eigenvalue weighted by molar-refractivity contribution is 5.82. The minimum atomic E-state index is -0.964. The normalized spacial score (nSPS) is 20.1. The van der Waals surface area contributed by atoms with Crippen LogP contribution in [0, 0.1) is 12.8 Å². The Balaban J connectivity index is 1.82. The third-order valence-corrected chi connectivity index (χ3v) is 4.46. The summed E-state index contributed by atoms with van der Waals surface area (Å²) in [6.07, 6.45) is -0.519. The lowest BCUT2D eigenvalue weighted by Crippen LogP contribution is -2.41. The number of aliphatic hydroxyl groups excluding tert-OH is 1. The van der Waals surface area contributed by atoms with E-state index in [1.54, 1.807) is 24.3 Å². The van der Waals surface area contributed by atoms with Crippen molar-refractivity contribution in [2.45, 2.75) is 19.4 Å². The van der Waals surface area contributed by atoms with Gasteiger partial charge in [0.25, 0.3) is 0 Å². The Bertz CT molecular complexity index is 746. The average molecular weight is 327 g/mol. The smallest absolute Gasteiger partial charge is 0.141 e. The summed E-state index contributed by atoms with van der Waals surface area (Å²) in [7, 11) is 1.93. The molecule has 0 amide bonds. The number of ketones is 1. The highest BCUT2D eigenvalue weighted by Gasteiger charge is 2.33. The molecular weight excluding hydrogens is 306 g/mol. The Morgan fingerprint density at radius 2 is 2.04 bits per heavy atom. The van der Waals surface area contributed by atoms with E-state index in [0.29, 0.717) is 29.9 Å². The Labute approximate surface area is 140 Å². The van der Waals surface area contributed by atoms with Gasteiger partial charge in [0.1, 0.15) is 17.6 Å². The van der Waals surface area contributed by atoms with Crippen LogP contribution in [0.4, 0.5) is 0 Å². The van der Waals surface area contributed by atoms with Crippen LogP contribution in [0.3, 0.4) is 0 Å². The van der Waals surface area contributed by atoms with Crippen molar-refractivity contribution in [3.8, 4) is 17.0 Å². The molecule has 1 aromatic heterocycles. The number of piperidine rings is 1. The summed E-state index contributed by atoms with van der Waals surface area (Å²) >= 11 is 0. The van der Waals surface area contributed by atoms with Crippen LogP contribution < -0.4 is 0 Å². The molecule has 6 nitrogen and oxygen atoms in total. The monoisotopic (exact) mass is 327 g/mol. The van der Waals surface area contributed by atoms with Crippen molar-refractivity contribution >= 4 is 5.78 Å². The van der Waals surface area contributed by atoms with Gasteiger partial charge in [-0.15, -0.1) is 0 Å². The second-order valence-corrected chi connectivity index (χ2v) is 6.39. The molecule has 3 rings (SSSR count). The summed E-state index contributed by atoms with van der Waals surface area (Å²) in [4.78, 5) is 14.1. The molecule has 2 N–H and O–H groups in total. The zero-order valence-electron chi connectivity index (χ0n) is 13.8. The highest BCUT2D eigenvalue weighted by atomic mass is 16.3. The number of benzene rings is 1. The molecular formula is C18H21N3O3. The topological polar surface area (TPSA) is 86.5 Å². The van der Waals surface area contributed by atoms with Gasteiger partial charge in [-0.25, -0.2) is 0 Å². The molecule has 0 bridgehead atoms. The fraction of sp³-hybridized carbons (Fsp3) is 0.389. The summed E-state index contributed by atoms with van der Waals surface area (Å²) < 4.78 is 0. The summed E-state index contributed by atoms with van der Waals surface area (Å²) in [5, 5.41) is 28.7. The van der Waals surface area contributed by atoms with Gasteiger partial charge in [-0.2, -0.15) is 10.2 Å². The summed E-state index contributed by atoms with van der Waals surface area (Å²) in [6.45, 7) is 3.13. The number of aryl methyl sites for hydroxylation is 1. The number of aromatic hydroxyl groups is 1. The number of rotatable bonds is 3. The molecule has 6 heteroatoms. The Hall–Kier alpha value is -2.31. The first kappa shape index (κ1) is 16.5. The fourth-order valence-electron chi connectivity index (χ4n) is 3.00. The molecule has 1 aromatic carbocycles. The van der Waals surface area contributed by atoms with Gasteiger partial charge in [0.2, 0.25) is 0 Å². The molecule has 1 aliphatic rings. The van der Waals surface area contributed by atoms with Crippen molar-refractivity contribution in [3.63, 3.8) is 0 Å². The number of aliphatic hydroxyl groups is 1. The van der Waals surface area contributed by atoms with Crippen LogP contribution in [0.5, 0.6) is 5.75 Å². The number of phenolic OH excluding ortho intramolecular Hbond substituents is 1. The number of hydrogen-bond donors (Lipinski definition) is 2. The van der Waals surface area contributed by atoms with Crippen molar-refractivity contribution in [3.05, 3.63) is 41.6 Å². The third-order valence-electron chi connectivity index (χ3n) is 4.46. The Kier molecular flexibility index (Phi) is 4.59. The van der Waals surface area contributed by atoms with Crippen molar-refractivity contribution in [1.29, 1.82) is 0 Å². The van der Waals surface area contributed by atoms with Gasteiger partial charge in [-0.05, 0) is 43.8 Å². The number of phenols is 1. The molecule has 0 aliphatic carbocycles. The van der Waals surface area contributed by atoms with E-state index in [2.05, 4.69) is 10.2 Å². The quantitative estimate of drug-likeness (QED) is 0.892. The summed E-state index contributed by atoms with van der Waals surface area (Å²) in [5.41, 5.74) is 2.44. The SMILES string of the molecule is Cc1ccc(-c2ccc(C(O)C3CN(C)CCC3=O)nn2)c(O)c1. The van der Waals surface area contributed by atoms with Gasteiger partial charge in [0.05, 0.1) is 17.3 Å². The molecule has 0 saturated carbocycles. The van der Waals surface area contributed by atoms with Gasteiger partial charge in [-0.3, -0.25) is 4.79 Å². The van der Waals surface area contributed by atoms with Crippen LogP contribution in [0.25, 0.3) is 11.3 Å². The second-order valence-electron chi connectivity index (χ2n) is 6.39. The molecule has 1 fully saturated rings. The van der Waals surface area contributed by atoms with Crippen LogP contribution in [0.1, 0.15) is 23.8 Å². The zero-order valence-corrected chi connectivity index (χ0v) is 13.8. The largest absolute Gasteiger partial charge is 0.507 e. The molecule has 126 valence electrons. The van der Waals surface area contributed by atoms with E-state index in [-0.39, 0.29) is 11.5 Å². The molecule has 0 radical (unpaired) electrons. The number of likely N-dealkylation sites (tertiary alicyclic amines) is 1. The van der Waals surface area contributed by atoms with Crippen molar-refractivity contribution in [2.24, 2.45) is 5.92 Å². The molecule has 1 saturated heterocycles. The minimum Gasteiger partial charge on any atom is -0.507 e. The van der Waals surface area contributed by atoms with Gasteiger partial charge < -0.3 is 15.1 Å². The van der Waals surface area contributed by atoms with Crippen LogP contribution in [-0.4, -0.2) is 51.2 Å². The predicted molar refractivity (Wildman–Crippen MR) is 89.4 cm³/mol. The van der Waals surface area contributed by atoms with Crippen molar-refractivity contribution in [1.82, 2.24) is 15.1 Å². The van der Waals surface area contributed by atoms with E-state index in [0.717, 1.165) is 12.1 Å². The zero-order chi connectivity index (χ0) is 17.3. The van der Waals surface area contributed by atoms with E-state index < -0.39 is 12.0 Å². The van der Waals surface area contributed by atoms with Crippen molar-refractivity contribution < 1.29 is 15.0 Å². The number of carbonyl (C=O) groups is 1. The third kappa shape index (κ3) is 3.29. The number of nitrogens with zero attached hydrogens (tertiary/aromatic N) is 3.